The molecule has 3 heterocycles. The molecule has 0 atom stereocenters. The van der Waals surface area contributed by atoms with Crippen molar-refractivity contribution in [1.29, 1.82) is 0 Å². The lowest BCUT2D eigenvalue weighted by Crippen LogP contribution is -2.48. The fourth-order valence-electron chi connectivity index (χ4n) is 3.36. The number of hydrogen-bond donors (Lipinski definition) is 2. The summed E-state index contributed by atoms with van der Waals surface area (Å²) in [6.07, 6.45) is 7.09. The standard InChI is InChI=1S/C20H29N5S/c1-16-13-22-8-3-18(16)4-9-23-20(21-2)24-19-5-10-25(11-6-19)14-17-7-12-26-15-17/h3,7-8,12-13,15,19H,4-6,9-11,14H2,1-2H3,(H2,21,23,24). The van der Waals surface area contributed by atoms with Crippen LogP contribution in [0.4, 0.5) is 0 Å². The largest absolute Gasteiger partial charge is 0.356 e. The molecule has 1 aliphatic rings. The maximum Gasteiger partial charge on any atom is 0.191 e. The van der Waals surface area contributed by atoms with E-state index in [2.05, 4.69) is 55.3 Å². The molecule has 2 N–H and O–H groups in total. The van der Waals surface area contributed by atoms with Crippen LogP contribution in [0.1, 0.15) is 29.5 Å². The average Bonchev–Trinajstić information content (AvgIpc) is 3.17. The van der Waals surface area contributed by atoms with Crippen LogP contribution in [0.2, 0.25) is 0 Å². The number of aryl methyl sites for hydroxylation is 1. The quantitative estimate of drug-likeness (QED) is 0.606. The number of nitrogens with zero attached hydrogens (tertiary/aromatic N) is 3. The second-order valence-corrected chi connectivity index (χ2v) is 7.66. The van der Waals surface area contributed by atoms with E-state index in [1.54, 1.807) is 11.3 Å². The van der Waals surface area contributed by atoms with Crippen molar-refractivity contribution >= 4 is 17.3 Å². The van der Waals surface area contributed by atoms with Crippen molar-refractivity contribution in [1.82, 2.24) is 20.5 Å². The minimum absolute atomic E-state index is 0.502. The van der Waals surface area contributed by atoms with E-state index in [-0.39, 0.29) is 0 Å². The lowest BCUT2D eigenvalue weighted by molar-refractivity contribution is 0.198. The molecule has 140 valence electrons. The third kappa shape index (κ3) is 5.54. The van der Waals surface area contributed by atoms with Crippen molar-refractivity contribution < 1.29 is 0 Å². The van der Waals surface area contributed by atoms with Crippen molar-refractivity contribution in [2.24, 2.45) is 4.99 Å². The van der Waals surface area contributed by atoms with Crippen LogP contribution in [0.25, 0.3) is 0 Å². The van der Waals surface area contributed by atoms with Crippen LogP contribution in [0.3, 0.4) is 0 Å². The molecule has 0 saturated carbocycles. The minimum Gasteiger partial charge on any atom is -0.356 e. The zero-order valence-corrected chi connectivity index (χ0v) is 16.6. The van der Waals surface area contributed by atoms with Crippen molar-refractivity contribution in [3.63, 3.8) is 0 Å². The first-order valence-electron chi connectivity index (χ1n) is 9.34. The molecule has 0 radical (unpaired) electrons. The minimum atomic E-state index is 0.502. The van der Waals surface area contributed by atoms with Crippen molar-refractivity contribution in [3.8, 4) is 0 Å². The first-order chi connectivity index (χ1) is 12.7. The number of aromatic nitrogens is 1. The highest BCUT2D eigenvalue weighted by molar-refractivity contribution is 7.07. The molecule has 0 spiro atoms. The molecular formula is C20H29N5S. The molecule has 1 fully saturated rings. The third-order valence-corrected chi connectivity index (χ3v) is 5.69. The summed E-state index contributed by atoms with van der Waals surface area (Å²) >= 11 is 1.78. The van der Waals surface area contributed by atoms with Crippen molar-refractivity contribution in [2.45, 2.75) is 38.8 Å². The second-order valence-electron chi connectivity index (χ2n) is 6.88. The van der Waals surface area contributed by atoms with Crippen LogP contribution in [0, 0.1) is 6.92 Å². The van der Waals surface area contributed by atoms with Crippen LogP contribution < -0.4 is 10.6 Å². The molecule has 2 aromatic heterocycles. The molecule has 0 aromatic carbocycles. The van der Waals surface area contributed by atoms with Crippen LogP contribution in [0.15, 0.2) is 40.3 Å². The van der Waals surface area contributed by atoms with E-state index in [0.29, 0.717) is 6.04 Å². The number of thiophene rings is 1. The van der Waals surface area contributed by atoms with E-state index in [0.717, 1.165) is 51.4 Å². The van der Waals surface area contributed by atoms with Gasteiger partial charge < -0.3 is 10.6 Å². The molecule has 1 saturated heterocycles. The summed E-state index contributed by atoms with van der Waals surface area (Å²) in [5.41, 5.74) is 4.02. The number of hydrogen-bond acceptors (Lipinski definition) is 4. The van der Waals surface area contributed by atoms with Gasteiger partial charge in [-0.3, -0.25) is 14.9 Å². The fraction of sp³-hybridized carbons (Fsp3) is 0.500. The lowest BCUT2D eigenvalue weighted by Gasteiger charge is -2.33. The smallest absolute Gasteiger partial charge is 0.191 e. The summed E-state index contributed by atoms with van der Waals surface area (Å²) in [4.78, 5) is 11.1. The Morgan fingerprint density at radius 1 is 1.35 bits per heavy atom. The van der Waals surface area contributed by atoms with Gasteiger partial charge in [0.1, 0.15) is 0 Å². The molecule has 0 bridgehead atoms. The van der Waals surface area contributed by atoms with Gasteiger partial charge in [-0.15, -0.1) is 0 Å². The fourth-order valence-corrected chi connectivity index (χ4v) is 4.02. The van der Waals surface area contributed by atoms with Gasteiger partial charge in [0.2, 0.25) is 0 Å². The molecule has 6 heteroatoms. The number of guanidine groups is 1. The van der Waals surface area contributed by atoms with E-state index in [4.69, 9.17) is 0 Å². The molecule has 1 aliphatic heterocycles. The maximum absolute atomic E-state index is 4.39. The molecule has 5 nitrogen and oxygen atoms in total. The second kappa shape index (κ2) is 9.69. The number of rotatable bonds is 6. The van der Waals surface area contributed by atoms with Gasteiger partial charge in [-0.1, -0.05) is 0 Å². The van der Waals surface area contributed by atoms with Crippen molar-refractivity contribution in [3.05, 3.63) is 52.0 Å². The Morgan fingerprint density at radius 2 is 2.19 bits per heavy atom. The van der Waals surface area contributed by atoms with Crippen LogP contribution in [-0.2, 0) is 13.0 Å². The van der Waals surface area contributed by atoms with Gasteiger partial charge in [0, 0.05) is 51.7 Å². The third-order valence-electron chi connectivity index (χ3n) is 4.96. The monoisotopic (exact) mass is 371 g/mol. The highest BCUT2D eigenvalue weighted by Crippen LogP contribution is 2.15. The SMILES string of the molecule is CN=C(NCCc1ccncc1C)NC1CCN(Cc2ccsc2)CC1. The van der Waals surface area contributed by atoms with Crippen molar-refractivity contribution in [2.75, 3.05) is 26.7 Å². The Labute approximate surface area is 160 Å². The van der Waals surface area contributed by atoms with Gasteiger partial charge >= 0.3 is 0 Å². The summed E-state index contributed by atoms with van der Waals surface area (Å²) in [5.74, 6) is 0.910. The molecule has 3 rings (SSSR count). The molecule has 26 heavy (non-hydrogen) atoms. The summed E-state index contributed by atoms with van der Waals surface area (Å²) < 4.78 is 0. The first-order valence-corrected chi connectivity index (χ1v) is 10.3. The maximum atomic E-state index is 4.39. The van der Waals surface area contributed by atoms with Gasteiger partial charge in [-0.25, -0.2) is 0 Å². The average molecular weight is 372 g/mol. The Balaban J connectivity index is 1.38. The Hall–Kier alpha value is -1.92. The lowest BCUT2D eigenvalue weighted by atomic mass is 10.0. The highest BCUT2D eigenvalue weighted by atomic mass is 32.1. The number of pyridine rings is 1. The molecular weight excluding hydrogens is 342 g/mol. The predicted molar refractivity (Wildman–Crippen MR) is 110 cm³/mol. The highest BCUT2D eigenvalue weighted by Gasteiger charge is 2.20. The normalized spacial score (nSPS) is 16.6. The topological polar surface area (TPSA) is 52.6 Å². The number of piperidine rings is 1. The van der Waals surface area contributed by atoms with Crippen LogP contribution in [0.5, 0.6) is 0 Å². The van der Waals surface area contributed by atoms with Gasteiger partial charge in [0.25, 0.3) is 0 Å². The van der Waals surface area contributed by atoms with Crippen LogP contribution in [-0.4, -0.2) is 48.6 Å². The summed E-state index contributed by atoms with van der Waals surface area (Å²) in [5, 5.41) is 11.4. The summed E-state index contributed by atoms with van der Waals surface area (Å²) in [6.45, 7) is 6.34. The van der Waals surface area contributed by atoms with Gasteiger partial charge in [-0.2, -0.15) is 11.3 Å². The molecule has 0 aliphatic carbocycles. The zero-order valence-electron chi connectivity index (χ0n) is 15.7. The van der Waals surface area contributed by atoms with E-state index < -0.39 is 0 Å². The van der Waals surface area contributed by atoms with E-state index >= 15 is 0 Å². The Bertz CT molecular complexity index is 690. The number of aliphatic imine (C=N–C) groups is 1. The Morgan fingerprint density at radius 3 is 2.88 bits per heavy atom. The Kier molecular flexibility index (Phi) is 7.03. The number of likely N-dealkylation sites (tertiary alicyclic amines) is 1. The van der Waals surface area contributed by atoms with E-state index in [9.17, 15) is 0 Å². The molecule has 2 aromatic rings. The van der Waals surface area contributed by atoms with Gasteiger partial charge in [0.05, 0.1) is 0 Å². The molecule has 0 amide bonds. The zero-order chi connectivity index (χ0) is 18.2. The van der Waals surface area contributed by atoms with E-state index in [1.165, 1.54) is 16.7 Å². The molecule has 0 unspecified atom stereocenters. The van der Waals surface area contributed by atoms with Gasteiger partial charge in [0.15, 0.2) is 5.96 Å². The number of nitrogens with one attached hydrogen (secondary N) is 2. The predicted octanol–water partition coefficient (Wildman–Crippen LogP) is 2.82. The first kappa shape index (κ1) is 18.9. The van der Waals surface area contributed by atoms with Crippen LogP contribution >= 0.6 is 11.3 Å². The van der Waals surface area contributed by atoms with Gasteiger partial charge in [-0.05, 0) is 65.8 Å². The van der Waals surface area contributed by atoms with E-state index in [1.807, 2.05) is 19.4 Å². The summed E-state index contributed by atoms with van der Waals surface area (Å²) in [6, 6.07) is 4.82. The summed E-state index contributed by atoms with van der Waals surface area (Å²) in [7, 11) is 1.85.